The third kappa shape index (κ3) is 8.77. The third-order valence-corrected chi connectivity index (χ3v) is 3.12. The molecule has 0 bridgehead atoms. The van der Waals surface area contributed by atoms with Gasteiger partial charge >= 0.3 is 0 Å². The Balaban J connectivity index is 2.12. The molecule has 1 aromatic carbocycles. The number of benzene rings is 1. The second-order valence-electron chi connectivity index (χ2n) is 4.90. The lowest BCUT2D eigenvalue weighted by Gasteiger charge is -2.08. The SMILES string of the molecule is CCOCCOCCOc1ccc(CCCC(O)C=O)cc1. The van der Waals surface area contributed by atoms with Gasteiger partial charge in [-0.3, -0.25) is 0 Å². The first kappa shape index (κ1) is 18.6. The van der Waals surface area contributed by atoms with Crippen LogP contribution in [0.25, 0.3) is 0 Å². The zero-order valence-corrected chi connectivity index (χ0v) is 13.2. The molecule has 0 aliphatic rings. The molecule has 0 saturated heterocycles. The molecular formula is C17H26O5. The van der Waals surface area contributed by atoms with Crippen LogP contribution >= 0.6 is 0 Å². The van der Waals surface area contributed by atoms with E-state index < -0.39 is 6.10 Å². The lowest BCUT2D eigenvalue weighted by molar-refractivity contribution is -0.115. The monoisotopic (exact) mass is 310 g/mol. The van der Waals surface area contributed by atoms with Crippen LogP contribution in [0.1, 0.15) is 25.3 Å². The molecule has 1 aromatic rings. The van der Waals surface area contributed by atoms with Crippen LogP contribution in [0.3, 0.4) is 0 Å². The third-order valence-electron chi connectivity index (χ3n) is 3.12. The van der Waals surface area contributed by atoms with E-state index in [1.165, 1.54) is 5.56 Å². The van der Waals surface area contributed by atoms with Crippen LogP contribution in [-0.2, 0) is 20.7 Å². The van der Waals surface area contributed by atoms with Gasteiger partial charge in [-0.05, 0) is 43.9 Å². The minimum Gasteiger partial charge on any atom is -0.491 e. The van der Waals surface area contributed by atoms with Gasteiger partial charge in [0.05, 0.1) is 19.8 Å². The molecule has 0 radical (unpaired) electrons. The number of hydrogen-bond donors (Lipinski definition) is 1. The van der Waals surface area contributed by atoms with Crippen molar-refractivity contribution < 1.29 is 24.1 Å². The van der Waals surface area contributed by atoms with E-state index >= 15 is 0 Å². The number of rotatable bonds is 13. The second-order valence-corrected chi connectivity index (χ2v) is 4.90. The van der Waals surface area contributed by atoms with E-state index in [1.807, 2.05) is 31.2 Å². The normalized spacial score (nSPS) is 12.1. The summed E-state index contributed by atoms with van der Waals surface area (Å²) in [5.41, 5.74) is 1.17. The largest absolute Gasteiger partial charge is 0.491 e. The fraction of sp³-hybridized carbons (Fsp3) is 0.588. The summed E-state index contributed by atoms with van der Waals surface area (Å²) in [4.78, 5) is 10.3. The minimum absolute atomic E-state index is 0.501. The van der Waals surface area contributed by atoms with Crippen LogP contribution in [0.5, 0.6) is 5.75 Å². The second kappa shape index (κ2) is 12.1. The molecular weight excluding hydrogens is 284 g/mol. The van der Waals surface area contributed by atoms with Crippen LogP contribution < -0.4 is 4.74 Å². The molecule has 5 heteroatoms. The quantitative estimate of drug-likeness (QED) is 0.446. The smallest absolute Gasteiger partial charge is 0.148 e. The van der Waals surface area contributed by atoms with E-state index in [9.17, 15) is 4.79 Å². The van der Waals surface area contributed by atoms with Gasteiger partial charge in [-0.2, -0.15) is 0 Å². The number of hydrogen-bond acceptors (Lipinski definition) is 5. The average molecular weight is 310 g/mol. The Hall–Kier alpha value is -1.43. The standard InChI is InChI=1S/C17H26O5/c1-2-20-10-11-21-12-13-22-17-8-6-15(7-9-17)4-3-5-16(19)14-18/h6-9,14,16,19H,2-5,10-13H2,1H3. The van der Waals surface area contributed by atoms with E-state index in [4.69, 9.17) is 19.3 Å². The number of aryl methyl sites for hydroxylation is 1. The molecule has 0 spiro atoms. The summed E-state index contributed by atoms with van der Waals surface area (Å²) in [7, 11) is 0. The van der Waals surface area contributed by atoms with Gasteiger partial charge < -0.3 is 24.1 Å². The summed E-state index contributed by atoms with van der Waals surface area (Å²) in [6.07, 6.45) is 1.86. The van der Waals surface area contributed by atoms with E-state index in [0.717, 1.165) is 18.6 Å². The average Bonchev–Trinajstić information content (AvgIpc) is 2.55. The molecule has 0 saturated carbocycles. The van der Waals surface area contributed by atoms with Crippen molar-refractivity contribution in [3.05, 3.63) is 29.8 Å². The Bertz CT molecular complexity index is 391. The first-order valence-corrected chi connectivity index (χ1v) is 7.77. The number of carbonyl (C=O) groups excluding carboxylic acids is 1. The molecule has 0 aliphatic heterocycles. The Labute approximate surface area is 132 Å². The van der Waals surface area contributed by atoms with Crippen molar-refractivity contribution in [1.29, 1.82) is 0 Å². The van der Waals surface area contributed by atoms with Crippen molar-refractivity contribution in [3.8, 4) is 5.75 Å². The zero-order valence-electron chi connectivity index (χ0n) is 13.2. The van der Waals surface area contributed by atoms with E-state index in [0.29, 0.717) is 45.7 Å². The van der Waals surface area contributed by atoms with Gasteiger partial charge in [0.15, 0.2) is 0 Å². The Morgan fingerprint density at radius 2 is 1.77 bits per heavy atom. The maximum Gasteiger partial charge on any atom is 0.148 e. The first-order valence-electron chi connectivity index (χ1n) is 7.77. The molecule has 1 atom stereocenters. The Morgan fingerprint density at radius 3 is 2.45 bits per heavy atom. The number of ether oxygens (including phenoxy) is 3. The predicted octanol–water partition coefficient (Wildman–Crippen LogP) is 2.00. The van der Waals surface area contributed by atoms with Crippen molar-refractivity contribution in [3.63, 3.8) is 0 Å². The fourth-order valence-corrected chi connectivity index (χ4v) is 1.92. The molecule has 1 N–H and O–H groups in total. The minimum atomic E-state index is -0.842. The van der Waals surface area contributed by atoms with E-state index in [-0.39, 0.29) is 0 Å². The van der Waals surface area contributed by atoms with Gasteiger partial charge in [0.25, 0.3) is 0 Å². The summed E-state index contributed by atoms with van der Waals surface area (Å²) in [5, 5.41) is 9.16. The maximum absolute atomic E-state index is 10.3. The lowest BCUT2D eigenvalue weighted by Crippen LogP contribution is -2.10. The summed E-state index contributed by atoms with van der Waals surface area (Å²) >= 11 is 0. The zero-order chi connectivity index (χ0) is 16.0. The maximum atomic E-state index is 10.3. The van der Waals surface area contributed by atoms with Crippen LogP contribution in [-0.4, -0.2) is 50.5 Å². The highest BCUT2D eigenvalue weighted by Gasteiger charge is 2.02. The van der Waals surface area contributed by atoms with E-state index in [2.05, 4.69) is 0 Å². The summed E-state index contributed by atoms with van der Waals surface area (Å²) in [6.45, 7) is 4.92. The van der Waals surface area contributed by atoms with Crippen molar-refractivity contribution in [2.75, 3.05) is 33.0 Å². The van der Waals surface area contributed by atoms with Crippen LogP contribution in [0, 0.1) is 0 Å². The number of aliphatic hydroxyl groups excluding tert-OH is 1. The predicted molar refractivity (Wildman–Crippen MR) is 84.3 cm³/mol. The van der Waals surface area contributed by atoms with Gasteiger partial charge in [0.1, 0.15) is 24.7 Å². The summed E-state index contributed by atoms with van der Waals surface area (Å²) in [6, 6.07) is 7.84. The van der Waals surface area contributed by atoms with Gasteiger partial charge in [-0.1, -0.05) is 12.1 Å². The van der Waals surface area contributed by atoms with Crippen LogP contribution in [0.4, 0.5) is 0 Å². The summed E-state index contributed by atoms with van der Waals surface area (Å²) < 4.78 is 16.1. The van der Waals surface area contributed by atoms with Gasteiger partial charge in [0.2, 0.25) is 0 Å². The van der Waals surface area contributed by atoms with Crippen LogP contribution in [0.2, 0.25) is 0 Å². The molecule has 0 aromatic heterocycles. The Kier molecular flexibility index (Phi) is 10.3. The van der Waals surface area contributed by atoms with Gasteiger partial charge in [0, 0.05) is 6.61 Å². The highest BCUT2D eigenvalue weighted by atomic mass is 16.5. The molecule has 0 aliphatic carbocycles. The molecule has 5 nitrogen and oxygen atoms in total. The number of carbonyl (C=O) groups is 1. The molecule has 0 fully saturated rings. The molecule has 124 valence electrons. The topological polar surface area (TPSA) is 65.0 Å². The lowest BCUT2D eigenvalue weighted by atomic mass is 10.1. The number of aldehydes is 1. The molecule has 1 unspecified atom stereocenters. The molecule has 1 rings (SSSR count). The van der Waals surface area contributed by atoms with Crippen molar-refractivity contribution in [2.24, 2.45) is 0 Å². The summed E-state index contributed by atoms with van der Waals surface area (Å²) in [5.74, 6) is 0.810. The Morgan fingerprint density at radius 1 is 1.09 bits per heavy atom. The highest BCUT2D eigenvalue weighted by Crippen LogP contribution is 2.14. The van der Waals surface area contributed by atoms with E-state index in [1.54, 1.807) is 0 Å². The van der Waals surface area contributed by atoms with Gasteiger partial charge in [-0.15, -0.1) is 0 Å². The first-order chi connectivity index (χ1) is 10.8. The molecule has 22 heavy (non-hydrogen) atoms. The van der Waals surface area contributed by atoms with Crippen molar-refractivity contribution in [2.45, 2.75) is 32.3 Å². The van der Waals surface area contributed by atoms with Crippen molar-refractivity contribution in [1.82, 2.24) is 0 Å². The van der Waals surface area contributed by atoms with Crippen molar-refractivity contribution >= 4 is 6.29 Å². The number of aliphatic hydroxyl groups is 1. The molecule has 0 heterocycles. The highest BCUT2D eigenvalue weighted by molar-refractivity contribution is 5.55. The molecule has 0 amide bonds. The van der Waals surface area contributed by atoms with Crippen LogP contribution in [0.15, 0.2) is 24.3 Å². The van der Waals surface area contributed by atoms with Gasteiger partial charge in [-0.25, -0.2) is 0 Å². The fourth-order valence-electron chi connectivity index (χ4n) is 1.92.